The number of aliphatic hydroxyl groups is 2. The quantitative estimate of drug-likeness (QED) is 0.0216. The van der Waals surface area contributed by atoms with Gasteiger partial charge in [-0.05, 0) is 172 Å². The first kappa shape index (κ1) is 108. The van der Waals surface area contributed by atoms with E-state index in [4.69, 9.17) is 28.4 Å². The molecule has 0 aliphatic carbocycles. The second kappa shape index (κ2) is 51.2. The molecule has 0 amide bonds. The zero-order valence-electron chi connectivity index (χ0n) is 83.2. The number of carbonyl (C=O) groups is 2. The fourth-order valence-corrected chi connectivity index (χ4v) is 34.6. The maximum absolute atomic E-state index is 14.6. The number of aryl methyl sites for hydroxylation is 1. The van der Waals surface area contributed by atoms with Crippen LogP contribution in [-0.2, 0) is 20.7 Å². The molecule has 5 aromatic carbocycles. The van der Waals surface area contributed by atoms with E-state index in [2.05, 4.69) is 238 Å². The molecule has 0 aliphatic heterocycles. The van der Waals surface area contributed by atoms with Crippen LogP contribution in [0.5, 0.6) is 23.0 Å². The number of hydrogen-bond acceptors (Lipinski definition) is 18. The zero-order valence-corrected chi connectivity index (χ0v) is 95.3. The molecule has 8 heterocycles. The van der Waals surface area contributed by atoms with Gasteiger partial charge >= 0.3 is 11.9 Å². The number of benzene rings is 5. The van der Waals surface area contributed by atoms with Crippen molar-refractivity contribution in [3.63, 3.8) is 0 Å². The number of carbonyl (C=O) groups excluding carboxylic acids is 2. The summed E-state index contributed by atoms with van der Waals surface area (Å²) in [6.07, 6.45) is 29.4. The minimum Gasteiger partial charge on any atom is -0.494 e. The summed E-state index contributed by atoms with van der Waals surface area (Å²) in [7, 11) is -6.48. The monoisotopic (exact) mass is 2090 g/mol. The van der Waals surface area contributed by atoms with E-state index in [-0.39, 0.29) is 11.9 Å². The highest BCUT2D eigenvalue weighted by atomic mass is 79.9. The van der Waals surface area contributed by atoms with Crippen molar-refractivity contribution in [2.45, 2.75) is 292 Å². The van der Waals surface area contributed by atoms with Crippen LogP contribution in [0.2, 0.25) is 78.6 Å². The van der Waals surface area contributed by atoms with Crippen LogP contribution in [0.1, 0.15) is 255 Å². The van der Waals surface area contributed by atoms with Crippen LogP contribution >= 0.6 is 107 Å². The number of esters is 2. The van der Waals surface area contributed by atoms with Gasteiger partial charge in [0.1, 0.15) is 34.2 Å². The van der Waals surface area contributed by atoms with E-state index in [0.29, 0.717) is 44.2 Å². The van der Waals surface area contributed by atoms with E-state index in [1.165, 1.54) is 156 Å². The molecule has 8 aromatic heterocycles. The van der Waals surface area contributed by atoms with Crippen molar-refractivity contribution in [2.75, 3.05) is 39.6 Å². The summed E-state index contributed by atoms with van der Waals surface area (Å²) in [5, 5.41) is 29.1. The second-order valence-corrected chi connectivity index (χ2v) is 70.4. The van der Waals surface area contributed by atoms with Crippen molar-refractivity contribution < 1.29 is 48.2 Å². The standard InChI is InChI=1S/C71H94O5S4Si2.C26H32O4S4Si2.C14H21BrO/c1-11-14-17-20-23-26-49-74-57-39-33-54(34-40-57)70(72,53-31-29-52(4)30-32-53)64-66(60-45-47-62(77-60)81(5,6)7)79-69-65(67(80-68(64)69)61-46-48-63(78-61)82(8,9)10)71(73,55-35-41-58(42-36-55)75-50-27-24-21-18-15-12-2)56-37-43-59(44-38-56)76-51-28-25-22-19-16-13-3;1-9-29-25(27)19-21(15-11-13-17(31-15)35(3,4)5)33-24-20(26(28)30-10-2)22(34-23(19)24)16-12-14-18(32-16)36(6,7)8;1-2-3-4-5-6-7-12-16-14-10-8-13(15)9-11-14/h29-48,72-73H,11-28,49-51H2,1-10H3;11-14H,9-10H2,1-8H3;8-11H,2-7,12H2,1H3. The SMILES string of the molecule is CCCCCCCCOc1ccc(Br)cc1.CCCCCCCCOc1ccc(C(O)(c2ccc(C)cc2)c2c(-c3ccc([Si](C)(C)C)s3)sc3c(C(O)(c4ccc(OCCCCCCCC)cc4)c4ccc(OCCCCCCCC)cc4)c(-c4ccc([Si](C)(C)C)s4)sc23)cc1.CCOC(=O)c1c(-c2ccc([Si](C)(C)C)s2)sc2c(C(=O)OCC)c(-c3ccc([Si](C)(C)C)s3)sc12. The number of hydrogen-bond donors (Lipinski definition) is 2. The molecule has 722 valence electrons. The molecule has 10 nitrogen and oxygen atoms in total. The zero-order chi connectivity index (χ0) is 96.4. The molecular formula is C111H147BrO10S8Si4. The van der Waals surface area contributed by atoms with Crippen LogP contribution in [0.4, 0.5) is 0 Å². The molecule has 13 aromatic rings. The lowest BCUT2D eigenvalue weighted by atomic mass is 9.78. The molecule has 134 heavy (non-hydrogen) atoms. The van der Waals surface area contributed by atoms with Gasteiger partial charge in [-0.25, -0.2) is 9.59 Å². The molecule has 2 N–H and O–H groups in total. The number of fused-ring (bicyclic) bond motifs is 2. The number of rotatable bonds is 50. The van der Waals surface area contributed by atoms with Crippen LogP contribution < -0.4 is 36.9 Å². The van der Waals surface area contributed by atoms with Crippen LogP contribution in [0.3, 0.4) is 0 Å². The molecule has 23 heteroatoms. The fourth-order valence-electron chi connectivity index (χ4n) is 16.4. The van der Waals surface area contributed by atoms with Gasteiger partial charge in [-0.1, -0.05) is 341 Å². The minimum absolute atomic E-state index is 0.299. The van der Waals surface area contributed by atoms with E-state index in [1.54, 1.807) is 45.3 Å². The Morgan fingerprint density at radius 1 is 0.291 bits per heavy atom. The number of ether oxygens (including phenoxy) is 6. The Kier molecular flexibility index (Phi) is 41.3. The lowest BCUT2D eigenvalue weighted by molar-refractivity contribution is 0.0519. The predicted molar refractivity (Wildman–Crippen MR) is 601 cm³/mol. The first-order valence-electron chi connectivity index (χ1n) is 49.3. The molecule has 1 unspecified atom stereocenters. The molecule has 1 atom stereocenters. The van der Waals surface area contributed by atoms with E-state index in [1.807, 2.05) is 97.2 Å². The molecule has 0 saturated carbocycles. The van der Waals surface area contributed by atoms with Crippen LogP contribution in [0.15, 0.2) is 174 Å². The Hall–Kier alpha value is -6.37. The first-order valence-corrected chi connectivity index (χ1v) is 70.6. The fraction of sp³-hybridized carbons (Fsp3) is 0.459. The largest absolute Gasteiger partial charge is 0.494 e. The van der Waals surface area contributed by atoms with Gasteiger partial charge in [-0.2, -0.15) is 0 Å². The van der Waals surface area contributed by atoms with Crippen LogP contribution in [0.25, 0.3) is 57.8 Å². The van der Waals surface area contributed by atoms with Crippen molar-refractivity contribution >= 4 is 188 Å². The third-order valence-electron chi connectivity index (χ3n) is 24.2. The van der Waals surface area contributed by atoms with E-state index in [0.717, 1.165) is 169 Å². The average Bonchev–Trinajstić information content (AvgIpc) is 1.53. The summed E-state index contributed by atoms with van der Waals surface area (Å²) in [4.78, 5) is 34.7. The maximum atomic E-state index is 14.6. The van der Waals surface area contributed by atoms with Crippen molar-refractivity contribution in [1.29, 1.82) is 0 Å². The third-order valence-corrected chi connectivity index (χ3v) is 49.3. The Morgan fingerprint density at radius 3 is 0.769 bits per heavy atom. The number of thiophene rings is 8. The van der Waals surface area contributed by atoms with Crippen molar-refractivity contribution in [1.82, 2.24) is 0 Å². The molecule has 0 bridgehead atoms. The van der Waals surface area contributed by atoms with E-state index in [9.17, 15) is 19.8 Å². The van der Waals surface area contributed by atoms with Crippen LogP contribution in [0, 0.1) is 6.92 Å². The second-order valence-electron chi connectivity index (χ2n) is 39.4. The first-order chi connectivity index (χ1) is 64.2. The Morgan fingerprint density at radius 2 is 0.522 bits per heavy atom. The minimum atomic E-state index is -1.75. The summed E-state index contributed by atoms with van der Waals surface area (Å²) >= 11 is 17.1. The van der Waals surface area contributed by atoms with Gasteiger partial charge in [0.15, 0.2) is 0 Å². The Balaban J connectivity index is 0.000000269. The highest BCUT2D eigenvalue weighted by Gasteiger charge is 2.46. The molecule has 0 spiro atoms. The van der Waals surface area contributed by atoms with Crippen molar-refractivity contribution in [2.24, 2.45) is 0 Å². The summed E-state index contributed by atoms with van der Waals surface area (Å²) in [5.74, 6) is 2.70. The third kappa shape index (κ3) is 28.5. The molecule has 13 rings (SSSR count). The summed E-state index contributed by atoms with van der Waals surface area (Å²) in [6.45, 7) is 46.6. The average molecular weight is 2090 g/mol. The molecular weight excluding hydrogens is 1940 g/mol. The smallest absolute Gasteiger partial charge is 0.341 e. The molecule has 0 radical (unpaired) electrons. The van der Waals surface area contributed by atoms with Crippen molar-refractivity contribution in [3.05, 3.63) is 224 Å². The molecule has 0 fully saturated rings. The van der Waals surface area contributed by atoms with Gasteiger partial charge < -0.3 is 38.6 Å². The van der Waals surface area contributed by atoms with Gasteiger partial charge in [0, 0.05) is 35.1 Å². The normalized spacial score (nSPS) is 12.5. The lowest BCUT2D eigenvalue weighted by Crippen LogP contribution is -2.34. The Labute approximate surface area is 846 Å². The maximum Gasteiger partial charge on any atom is 0.341 e. The van der Waals surface area contributed by atoms with E-state index >= 15 is 0 Å². The Bertz CT molecular complexity index is 5610. The number of unbranched alkanes of at least 4 members (excludes halogenated alkanes) is 20. The van der Waals surface area contributed by atoms with Gasteiger partial charge in [0.05, 0.1) is 121 Å². The topological polar surface area (TPSA) is 130 Å². The lowest BCUT2D eigenvalue weighted by Gasteiger charge is -2.31. The van der Waals surface area contributed by atoms with Gasteiger partial charge in [-0.3, -0.25) is 0 Å². The highest BCUT2D eigenvalue weighted by Crippen LogP contribution is 2.60. The summed E-state index contributed by atoms with van der Waals surface area (Å²) < 4.78 is 46.2. The summed E-state index contributed by atoms with van der Waals surface area (Å²) in [6, 6.07) is 59.0. The molecule has 0 aliphatic rings. The summed E-state index contributed by atoms with van der Waals surface area (Å²) in [5.41, 5.74) is 3.75. The van der Waals surface area contributed by atoms with Crippen molar-refractivity contribution in [3.8, 4) is 62.0 Å². The van der Waals surface area contributed by atoms with Crippen LogP contribution in [-0.4, -0.2) is 94.1 Å². The van der Waals surface area contributed by atoms with Gasteiger partial charge in [-0.15, -0.1) is 90.7 Å². The van der Waals surface area contributed by atoms with Gasteiger partial charge in [0.2, 0.25) is 0 Å². The van der Waals surface area contributed by atoms with Gasteiger partial charge in [0.25, 0.3) is 0 Å². The molecule has 0 saturated heterocycles. The van der Waals surface area contributed by atoms with E-state index < -0.39 is 43.5 Å². The number of halogens is 1. The predicted octanol–water partition coefficient (Wildman–Crippen LogP) is 33.7. The highest BCUT2D eigenvalue weighted by molar-refractivity contribution is 9.10.